The van der Waals surface area contributed by atoms with Gasteiger partial charge >= 0.3 is 0 Å². The average Bonchev–Trinajstić information content (AvgIpc) is 2.80. The van der Waals surface area contributed by atoms with Crippen molar-refractivity contribution in [2.24, 2.45) is 5.73 Å². The molecule has 2 N–H and O–H groups in total. The molecule has 0 radical (unpaired) electrons. The Morgan fingerprint density at radius 1 is 1.30 bits per heavy atom. The third-order valence-corrected chi connectivity index (χ3v) is 4.35. The molecule has 0 bridgehead atoms. The molecular formula is C17H18ClNO. The lowest BCUT2D eigenvalue weighted by atomic mass is 9.96. The van der Waals surface area contributed by atoms with E-state index in [2.05, 4.69) is 13.0 Å². The number of aryl methyl sites for hydroxylation is 1. The second-order valence-corrected chi connectivity index (χ2v) is 5.83. The van der Waals surface area contributed by atoms with Crippen LogP contribution in [0.1, 0.15) is 35.2 Å². The first-order chi connectivity index (χ1) is 9.56. The van der Waals surface area contributed by atoms with Crippen LogP contribution in [0.15, 0.2) is 36.4 Å². The Balaban J connectivity index is 1.97. The predicted molar refractivity (Wildman–Crippen MR) is 82.5 cm³/mol. The Bertz CT molecular complexity index is 653. The summed E-state index contributed by atoms with van der Waals surface area (Å²) in [7, 11) is 0. The number of fused-ring (bicyclic) bond motifs is 1. The molecule has 2 aromatic carbocycles. The summed E-state index contributed by atoms with van der Waals surface area (Å²) < 4.78 is 5.72. The first-order valence-corrected chi connectivity index (χ1v) is 7.24. The summed E-state index contributed by atoms with van der Waals surface area (Å²) in [6.07, 6.45) is 1.19. The second-order valence-electron chi connectivity index (χ2n) is 5.46. The molecule has 0 saturated carbocycles. The highest BCUT2D eigenvalue weighted by Gasteiger charge is 2.21. The minimum absolute atomic E-state index is 0.205. The molecule has 0 aromatic heterocycles. The lowest BCUT2D eigenvalue weighted by Crippen LogP contribution is -2.13. The van der Waals surface area contributed by atoms with Crippen molar-refractivity contribution in [1.29, 1.82) is 0 Å². The molecule has 2 aromatic rings. The summed E-state index contributed by atoms with van der Waals surface area (Å²) in [5, 5.41) is 0.755. The van der Waals surface area contributed by atoms with Crippen LogP contribution in [0.25, 0.3) is 0 Å². The number of benzene rings is 2. The van der Waals surface area contributed by atoms with Gasteiger partial charge in [-0.25, -0.2) is 0 Å². The molecule has 1 heterocycles. The summed E-state index contributed by atoms with van der Waals surface area (Å²) >= 11 is 6.37. The van der Waals surface area contributed by atoms with Gasteiger partial charge in [0.05, 0.1) is 6.04 Å². The van der Waals surface area contributed by atoms with Crippen LogP contribution >= 0.6 is 11.6 Å². The molecule has 1 aliphatic rings. The van der Waals surface area contributed by atoms with Crippen molar-refractivity contribution < 1.29 is 4.74 Å². The molecule has 3 rings (SSSR count). The molecule has 0 aliphatic carbocycles. The van der Waals surface area contributed by atoms with E-state index >= 15 is 0 Å². The fourth-order valence-corrected chi connectivity index (χ4v) is 2.97. The summed E-state index contributed by atoms with van der Waals surface area (Å²) in [5.74, 6) is 0.976. The van der Waals surface area contributed by atoms with E-state index in [0.29, 0.717) is 0 Å². The highest BCUT2D eigenvalue weighted by Crippen LogP contribution is 2.34. The van der Waals surface area contributed by atoms with Crippen molar-refractivity contribution in [2.45, 2.75) is 32.4 Å². The Hall–Kier alpha value is -1.51. The Labute approximate surface area is 124 Å². The van der Waals surface area contributed by atoms with Crippen molar-refractivity contribution in [3.8, 4) is 5.75 Å². The maximum Gasteiger partial charge on any atom is 0.123 e. The molecule has 2 nitrogen and oxygen atoms in total. The van der Waals surface area contributed by atoms with E-state index in [-0.39, 0.29) is 12.1 Å². The fraction of sp³-hybridized carbons (Fsp3) is 0.294. The van der Waals surface area contributed by atoms with E-state index in [4.69, 9.17) is 22.1 Å². The molecule has 0 amide bonds. The van der Waals surface area contributed by atoms with E-state index in [9.17, 15) is 0 Å². The largest absolute Gasteiger partial charge is 0.490 e. The maximum absolute atomic E-state index is 6.39. The maximum atomic E-state index is 6.39. The minimum Gasteiger partial charge on any atom is -0.490 e. The molecule has 20 heavy (non-hydrogen) atoms. The minimum atomic E-state index is -0.205. The van der Waals surface area contributed by atoms with Gasteiger partial charge in [0, 0.05) is 11.4 Å². The van der Waals surface area contributed by atoms with E-state index in [1.165, 1.54) is 5.56 Å². The standard InChI is InChI=1S/C17H18ClNO/c1-10-4-3-5-14(16(10)18)17(19)12-6-7-15-13(9-12)8-11(2)20-15/h3-7,9,11,17H,8,19H2,1-2H3. The third kappa shape index (κ3) is 2.30. The molecular weight excluding hydrogens is 270 g/mol. The number of rotatable bonds is 2. The Morgan fingerprint density at radius 3 is 2.90 bits per heavy atom. The number of ether oxygens (including phenoxy) is 1. The Morgan fingerprint density at radius 2 is 2.10 bits per heavy atom. The van der Waals surface area contributed by atoms with Gasteiger partial charge in [-0.15, -0.1) is 0 Å². The van der Waals surface area contributed by atoms with Crippen LogP contribution in [0, 0.1) is 6.92 Å². The van der Waals surface area contributed by atoms with Crippen LogP contribution in [-0.4, -0.2) is 6.10 Å². The monoisotopic (exact) mass is 287 g/mol. The summed E-state index contributed by atoms with van der Waals surface area (Å²) in [4.78, 5) is 0. The molecule has 0 spiro atoms. The van der Waals surface area contributed by atoms with E-state index in [1.807, 2.05) is 37.3 Å². The van der Waals surface area contributed by atoms with E-state index in [1.54, 1.807) is 0 Å². The Kier molecular flexibility index (Phi) is 3.45. The molecule has 0 fully saturated rings. The third-order valence-electron chi connectivity index (χ3n) is 3.84. The van der Waals surface area contributed by atoms with Crippen molar-refractivity contribution in [3.63, 3.8) is 0 Å². The predicted octanol–water partition coefficient (Wildman–Crippen LogP) is 4.02. The highest BCUT2D eigenvalue weighted by atomic mass is 35.5. The molecule has 1 aliphatic heterocycles. The van der Waals surface area contributed by atoms with Crippen molar-refractivity contribution in [1.82, 2.24) is 0 Å². The number of halogens is 1. The van der Waals surface area contributed by atoms with Crippen molar-refractivity contribution in [3.05, 3.63) is 63.7 Å². The zero-order valence-electron chi connectivity index (χ0n) is 11.7. The summed E-state index contributed by atoms with van der Waals surface area (Å²) in [6.45, 7) is 4.08. The fourth-order valence-electron chi connectivity index (χ4n) is 2.73. The first-order valence-electron chi connectivity index (χ1n) is 6.86. The zero-order valence-corrected chi connectivity index (χ0v) is 12.4. The lowest BCUT2D eigenvalue weighted by molar-refractivity contribution is 0.254. The number of hydrogen-bond acceptors (Lipinski definition) is 2. The zero-order chi connectivity index (χ0) is 14.3. The number of nitrogens with two attached hydrogens (primary N) is 1. The van der Waals surface area contributed by atoms with Gasteiger partial charge in [-0.2, -0.15) is 0 Å². The molecule has 2 atom stereocenters. The van der Waals surface area contributed by atoms with E-state index in [0.717, 1.165) is 33.9 Å². The number of hydrogen-bond donors (Lipinski definition) is 1. The van der Waals surface area contributed by atoms with Crippen molar-refractivity contribution >= 4 is 11.6 Å². The average molecular weight is 288 g/mol. The SMILES string of the molecule is Cc1cccc(C(N)c2ccc3c(c2)CC(C)O3)c1Cl. The van der Waals surface area contributed by atoms with Crippen LogP contribution in [0.3, 0.4) is 0 Å². The van der Waals surface area contributed by atoms with Crippen LogP contribution in [0.5, 0.6) is 5.75 Å². The molecule has 2 unspecified atom stereocenters. The first kappa shape index (κ1) is 13.5. The summed E-state index contributed by atoms with van der Waals surface area (Å²) in [6, 6.07) is 12.0. The van der Waals surface area contributed by atoms with Crippen LogP contribution in [-0.2, 0) is 6.42 Å². The summed E-state index contributed by atoms with van der Waals surface area (Å²) in [5.41, 5.74) is 10.7. The van der Waals surface area contributed by atoms with Gasteiger partial charge in [0.1, 0.15) is 11.9 Å². The highest BCUT2D eigenvalue weighted by molar-refractivity contribution is 6.32. The smallest absolute Gasteiger partial charge is 0.123 e. The second kappa shape index (κ2) is 5.12. The van der Waals surface area contributed by atoms with Gasteiger partial charge in [0.15, 0.2) is 0 Å². The van der Waals surface area contributed by atoms with Crippen LogP contribution in [0.2, 0.25) is 5.02 Å². The molecule has 0 saturated heterocycles. The molecule has 3 heteroatoms. The molecule has 104 valence electrons. The van der Waals surface area contributed by atoms with Gasteiger partial charge in [-0.1, -0.05) is 41.9 Å². The van der Waals surface area contributed by atoms with Gasteiger partial charge < -0.3 is 10.5 Å². The lowest BCUT2D eigenvalue weighted by Gasteiger charge is -2.16. The van der Waals surface area contributed by atoms with Gasteiger partial charge in [-0.05, 0) is 42.2 Å². The topological polar surface area (TPSA) is 35.2 Å². The van der Waals surface area contributed by atoms with Crippen LogP contribution < -0.4 is 10.5 Å². The van der Waals surface area contributed by atoms with Crippen molar-refractivity contribution in [2.75, 3.05) is 0 Å². The van der Waals surface area contributed by atoms with Gasteiger partial charge in [0.2, 0.25) is 0 Å². The van der Waals surface area contributed by atoms with Gasteiger partial charge in [-0.3, -0.25) is 0 Å². The normalized spacial score (nSPS) is 18.5. The van der Waals surface area contributed by atoms with Gasteiger partial charge in [0.25, 0.3) is 0 Å². The van der Waals surface area contributed by atoms with E-state index < -0.39 is 0 Å². The quantitative estimate of drug-likeness (QED) is 0.905. The van der Waals surface area contributed by atoms with Crippen LogP contribution in [0.4, 0.5) is 0 Å².